The molecule has 10 heavy (non-hydrogen) atoms. The minimum Gasteiger partial charge on any atom is -0.857 e. The molecule has 0 N–H and O–H groups in total. The highest BCUT2D eigenvalue weighted by atomic mass is 32.1. The van der Waals surface area contributed by atoms with Crippen LogP contribution in [-0.2, 0) is 5.41 Å². The molecule has 0 unspecified atom stereocenters. The van der Waals surface area contributed by atoms with Crippen LogP contribution in [0, 0.1) is 0 Å². The van der Waals surface area contributed by atoms with Crippen LogP contribution in [0.3, 0.4) is 0 Å². The van der Waals surface area contributed by atoms with Crippen molar-refractivity contribution in [2.75, 3.05) is 0 Å². The van der Waals surface area contributed by atoms with Crippen molar-refractivity contribution >= 4 is 11.7 Å². The number of hydrogen-bond acceptors (Lipinski definition) is 4. The van der Waals surface area contributed by atoms with E-state index in [1.54, 1.807) is 0 Å². The second-order valence-electron chi connectivity index (χ2n) is 3.17. The Morgan fingerprint density at radius 1 is 1.30 bits per heavy atom. The summed E-state index contributed by atoms with van der Waals surface area (Å²) in [5.41, 5.74) is 0.405. The summed E-state index contributed by atoms with van der Waals surface area (Å²) in [7, 11) is 0. The van der Waals surface area contributed by atoms with Crippen molar-refractivity contribution in [3.05, 3.63) is 5.69 Å². The van der Waals surface area contributed by atoms with E-state index in [1.165, 1.54) is 0 Å². The maximum Gasteiger partial charge on any atom is 0.0721 e. The van der Waals surface area contributed by atoms with Gasteiger partial charge in [-0.3, -0.25) is 0 Å². The number of aromatic nitrogens is 2. The summed E-state index contributed by atoms with van der Waals surface area (Å²) in [6.07, 6.45) is 0. The molecular formula is C6H9N2OS-. The fourth-order valence-corrected chi connectivity index (χ4v) is 1.27. The second kappa shape index (κ2) is 2.20. The van der Waals surface area contributed by atoms with Gasteiger partial charge < -0.3 is 5.11 Å². The molecule has 0 atom stereocenters. The van der Waals surface area contributed by atoms with Gasteiger partial charge in [0.05, 0.1) is 17.4 Å². The predicted molar refractivity (Wildman–Crippen MR) is 38.1 cm³/mol. The van der Waals surface area contributed by atoms with Gasteiger partial charge in [-0.1, -0.05) is 20.8 Å². The van der Waals surface area contributed by atoms with Crippen LogP contribution in [-0.4, -0.2) is 8.75 Å². The predicted octanol–water partition coefficient (Wildman–Crippen LogP) is 0.909. The standard InChI is InChI=1S/C6H10N2OS/c1-6(2,3)4-5(9)8-10-7-4/h1-3H3,(H,8,9)/p-1. The van der Waals surface area contributed by atoms with Crippen molar-refractivity contribution in [3.63, 3.8) is 0 Å². The van der Waals surface area contributed by atoms with Gasteiger partial charge in [0.15, 0.2) is 0 Å². The minimum absolute atomic E-state index is 0.163. The van der Waals surface area contributed by atoms with Crippen LogP contribution in [0.5, 0.6) is 5.88 Å². The van der Waals surface area contributed by atoms with Crippen molar-refractivity contribution in [1.29, 1.82) is 0 Å². The highest BCUT2D eigenvalue weighted by Gasteiger charge is 2.17. The number of nitrogens with zero attached hydrogens (tertiary/aromatic N) is 2. The molecule has 0 amide bonds. The molecular weight excluding hydrogens is 148 g/mol. The van der Waals surface area contributed by atoms with Gasteiger partial charge in [0.2, 0.25) is 0 Å². The summed E-state index contributed by atoms with van der Waals surface area (Å²) in [6, 6.07) is 0. The molecule has 1 rings (SSSR count). The van der Waals surface area contributed by atoms with Gasteiger partial charge in [-0.15, -0.1) is 0 Å². The van der Waals surface area contributed by atoms with E-state index in [9.17, 15) is 5.11 Å². The Hall–Kier alpha value is -0.640. The van der Waals surface area contributed by atoms with E-state index in [1.807, 2.05) is 20.8 Å². The van der Waals surface area contributed by atoms with Crippen LogP contribution in [0.2, 0.25) is 0 Å². The second-order valence-corrected chi connectivity index (χ2v) is 3.70. The van der Waals surface area contributed by atoms with Crippen LogP contribution in [0.15, 0.2) is 0 Å². The van der Waals surface area contributed by atoms with E-state index in [0.717, 1.165) is 11.7 Å². The molecule has 0 aromatic carbocycles. The topological polar surface area (TPSA) is 48.8 Å². The molecule has 0 saturated carbocycles. The van der Waals surface area contributed by atoms with E-state index >= 15 is 0 Å². The fraction of sp³-hybridized carbons (Fsp3) is 0.667. The van der Waals surface area contributed by atoms with Gasteiger partial charge >= 0.3 is 0 Å². The first kappa shape index (κ1) is 7.47. The lowest BCUT2D eigenvalue weighted by Crippen LogP contribution is -2.14. The third-order valence-corrected chi connectivity index (χ3v) is 1.68. The Bertz CT molecular complexity index is 226. The lowest BCUT2D eigenvalue weighted by atomic mass is 9.93. The van der Waals surface area contributed by atoms with Crippen molar-refractivity contribution in [2.24, 2.45) is 0 Å². The first-order chi connectivity index (χ1) is 4.52. The smallest absolute Gasteiger partial charge is 0.0721 e. The molecule has 1 heterocycles. The van der Waals surface area contributed by atoms with Crippen molar-refractivity contribution < 1.29 is 5.11 Å². The molecule has 4 heteroatoms. The van der Waals surface area contributed by atoms with Crippen molar-refractivity contribution in [2.45, 2.75) is 26.2 Å². The molecule has 0 aliphatic rings. The van der Waals surface area contributed by atoms with E-state index in [-0.39, 0.29) is 11.3 Å². The summed E-state index contributed by atoms with van der Waals surface area (Å²) in [6.45, 7) is 5.85. The van der Waals surface area contributed by atoms with Crippen LogP contribution in [0.25, 0.3) is 0 Å². The molecule has 56 valence electrons. The van der Waals surface area contributed by atoms with Gasteiger partial charge in [0.25, 0.3) is 0 Å². The third-order valence-electron chi connectivity index (χ3n) is 1.17. The minimum atomic E-state index is -0.183. The molecule has 1 aromatic heterocycles. The molecule has 1 aromatic rings. The van der Waals surface area contributed by atoms with E-state index in [0.29, 0.717) is 5.69 Å². The zero-order valence-electron chi connectivity index (χ0n) is 6.21. The summed E-state index contributed by atoms with van der Waals surface area (Å²) in [4.78, 5) is 0. The van der Waals surface area contributed by atoms with Crippen LogP contribution in [0.4, 0.5) is 0 Å². The van der Waals surface area contributed by atoms with Gasteiger partial charge in [-0.25, -0.2) is 0 Å². The Labute approximate surface area is 64.0 Å². The van der Waals surface area contributed by atoms with Gasteiger partial charge in [-0.05, 0) is 0 Å². The largest absolute Gasteiger partial charge is 0.857 e. The molecule has 0 saturated heterocycles. The van der Waals surface area contributed by atoms with E-state index in [2.05, 4.69) is 8.75 Å². The zero-order chi connectivity index (χ0) is 7.78. The Morgan fingerprint density at radius 2 is 1.90 bits per heavy atom. The maximum absolute atomic E-state index is 10.9. The molecule has 3 nitrogen and oxygen atoms in total. The molecule has 0 aliphatic carbocycles. The Balaban J connectivity index is 3.05. The van der Waals surface area contributed by atoms with Gasteiger partial charge in [0, 0.05) is 11.3 Å². The van der Waals surface area contributed by atoms with Gasteiger partial charge in [-0.2, -0.15) is 8.75 Å². The third kappa shape index (κ3) is 1.26. The van der Waals surface area contributed by atoms with Crippen LogP contribution in [0.1, 0.15) is 26.5 Å². The summed E-state index contributed by atoms with van der Waals surface area (Å²) in [5.74, 6) is -0.183. The van der Waals surface area contributed by atoms with Crippen molar-refractivity contribution in [1.82, 2.24) is 8.75 Å². The normalized spacial score (nSPS) is 11.9. The van der Waals surface area contributed by atoms with Gasteiger partial charge in [0.1, 0.15) is 0 Å². The van der Waals surface area contributed by atoms with Crippen LogP contribution >= 0.6 is 11.7 Å². The SMILES string of the molecule is CC(C)(C)c1nsnc1[O-]. The van der Waals surface area contributed by atoms with E-state index in [4.69, 9.17) is 0 Å². The quantitative estimate of drug-likeness (QED) is 0.562. The maximum atomic E-state index is 10.9. The Morgan fingerprint density at radius 3 is 2.10 bits per heavy atom. The number of rotatable bonds is 0. The highest BCUT2D eigenvalue weighted by molar-refractivity contribution is 6.99. The summed E-state index contributed by atoms with van der Waals surface area (Å²) >= 11 is 0.981. The average molecular weight is 157 g/mol. The van der Waals surface area contributed by atoms with E-state index < -0.39 is 0 Å². The monoisotopic (exact) mass is 157 g/mol. The summed E-state index contributed by atoms with van der Waals surface area (Å²) in [5, 5.41) is 10.9. The lowest BCUT2D eigenvalue weighted by molar-refractivity contribution is -0.275. The molecule has 0 spiro atoms. The molecule has 0 aliphatic heterocycles. The molecule has 0 bridgehead atoms. The first-order valence-corrected chi connectivity index (χ1v) is 3.75. The highest BCUT2D eigenvalue weighted by Crippen LogP contribution is 2.25. The molecule has 0 fully saturated rings. The zero-order valence-corrected chi connectivity index (χ0v) is 7.03. The fourth-order valence-electron chi connectivity index (χ4n) is 0.638. The average Bonchev–Trinajstić information content (AvgIpc) is 2.11. The first-order valence-electron chi connectivity index (χ1n) is 3.02. The van der Waals surface area contributed by atoms with Crippen LogP contribution < -0.4 is 5.11 Å². The Kier molecular flexibility index (Phi) is 1.64. The number of hydrogen-bond donors (Lipinski definition) is 0. The summed E-state index contributed by atoms with van der Waals surface area (Å²) < 4.78 is 7.46. The molecule has 0 radical (unpaired) electrons. The van der Waals surface area contributed by atoms with Crippen molar-refractivity contribution in [3.8, 4) is 5.88 Å². The lowest BCUT2D eigenvalue weighted by Gasteiger charge is -2.17.